The normalized spacial score (nSPS) is 15.4. The number of carbonyl (C=O) groups is 1. The van der Waals surface area contributed by atoms with Crippen LogP contribution in [0.3, 0.4) is 0 Å². The Balaban J connectivity index is 1.82. The highest BCUT2D eigenvalue weighted by atomic mass is 32.2. The van der Waals surface area contributed by atoms with Gasteiger partial charge in [-0.05, 0) is 56.0 Å². The third-order valence-electron chi connectivity index (χ3n) is 6.38. The quantitative estimate of drug-likeness (QED) is 0.391. The number of benzene rings is 2. The van der Waals surface area contributed by atoms with Crippen molar-refractivity contribution in [3.05, 3.63) is 69.3 Å². The predicted molar refractivity (Wildman–Crippen MR) is 137 cm³/mol. The number of hydrogen-bond donors (Lipinski definition) is 1. The van der Waals surface area contributed by atoms with Gasteiger partial charge in [0.05, 0.1) is 16.9 Å². The van der Waals surface area contributed by atoms with Crippen molar-refractivity contribution in [2.75, 3.05) is 23.7 Å². The molecule has 9 nitrogen and oxygen atoms in total. The SMILES string of the molecule is CC[C@H](C(=O)NCc1ccccc1CN1CCCCC1)N(c1cc([N+](=O)[O-])ccc1C)S(C)(=O)=O. The number of carbonyl (C=O) groups excluding carboxylic acids is 1. The number of nitro groups is 1. The number of piperidine rings is 1. The standard InChI is InChI=1S/C25H34N4O5S/c1-4-23(28(35(3,33)34)24-16-22(29(31)32)13-12-19(24)2)25(30)26-17-20-10-6-7-11-21(20)18-27-14-8-5-9-15-27/h6-7,10-13,16,23H,4-5,8-9,14-15,17-18H2,1-3H3,(H,26,30)/t23-/m1/s1. The zero-order valence-electron chi connectivity index (χ0n) is 20.6. The Morgan fingerprint density at radius 3 is 2.40 bits per heavy atom. The van der Waals surface area contributed by atoms with E-state index in [-0.39, 0.29) is 24.3 Å². The number of hydrogen-bond acceptors (Lipinski definition) is 6. The van der Waals surface area contributed by atoms with Crippen LogP contribution in [0, 0.1) is 17.0 Å². The molecule has 0 saturated carbocycles. The van der Waals surface area contributed by atoms with Crippen LogP contribution in [0.1, 0.15) is 49.3 Å². The van der Waals surface area contributed by atoms with Crippen LogP contribution < -0.4 is 9.62 Å². The van der Waals surface area contributed by atoms with Crippen LogP contribution in [0.4, 0.5) is 11.4 Å². The summed E-state index contributed by atoms with van der Waals surface area (Å²) in [5.41, 5.74) is 2.55. The molecule has 0 aliphatic carbocycles. The highest BCUT2D eigenvalue weighted by Crippen LogP contribution is 2.30. The third-order valence-corrected chi connectivity index (χ3v) is 7.55. The van der Waals surface area contributed by atoms with Gasteiger partial charge in [0.15, 0.2) is 0 Å². The lowest BCUT2D eigenvalue weighted by Gasteiger charge is -2.31. The summed E-state index contributed by atoms with van der Waals surface area (Å²) >= 11 is 0. The second-order valence-corrected chi connectivity index (χ2v) is 10.9. The summed E-state index contributed by atoms with van der Waals surface area (Å²) in [5.74, 6) is -0.448. The zero-order valence-corrected chi connectivity index (χ0v) is 21.4. The lowest BCUT2D eigenvalue weighted by molar-refractivity contribution is -0.384. The van der Waals surface area contributed by atoms with Gasteiger partial charge < -0.3 is 5.32 Å². The van der Waals surface area contributed by atoms with Crippen molar-refractivity contribution in [3.63, 3.8) is 0 Å². The molecular weight excluding hydrogens is 468 g/mol. The number of nitrogens with one attached hydrogen (secondary N) is 1. The Bertz CT molecular complexity index is 1160. The molecule has 1 saturated heterocycles. The van der Waals surface area contributed by atoms with Crippen LogP contribution in [0.2, 0.25) is 0 Å². The van der Waals surface area contributed by atoms with Crippen LogP contribution in [-0.2, 0) is 27.9 Å². The molecular formula is C25H34N4O5S. The molecule has 1 aliphatic heterocycles. The minimum absolute atomic E-state index is 0.134. The molecule has 3 rings (SSSR count). The van der Waals surface area contributed by atoms with E-state index >= 15 is 0 Å². The molecule has 2 aromatic carbocycles. The van der Waals surface area contributed by atoms with Gasteiger partial charge >= 0.3 is 0 Å². The second-order valence-electron chi connectivity index (χ2n) is 9.03. The smallest absolute Gasteiger partial charge is 0.271 e. The van der Waals surface area contributed by atoms with Gasteiger partial charge in [-0.3, -0.25) is 24.1 Å². The molecule has 10 heteroatoms. The van der Waals surface area contributed by atoms with Crippen molar-refractivity contribution in [1.29, 1.82) is 0 Å². The third kappa shape index (κ3) is 6.79. The average Bonchev–Trinajstić information content (AvgIpc) is 2.82. The maximum absolute atomic E-state index is 13.3. The molecule has 0 radical (unpaired) electrons. The summed E-state index contributed by atoms with van der Waals surface area (Å²) in [4.78, 5) is 26.4. The van der Waals surface area contributed by atoms with Gasteiger partial charge in [0.25, 0.3) is 5.69 Å². The van der Waals surface area contributed by atoms with Crippen molar-refractivity contribution >= 4 is 27.3 Å². The first-order chi connectivity index (χ1) is 16.6. The van der Waals surface area contributed by atoms with Crippen molar-refractivity contribution < 1.29 is 18.1 Å². The van der Waals surface area contributed by atoms with E-state index in [0.29, 0.717) is 5.56 Å². The summed E-state index contributed by atoms with van der Waals surface area (Å²) in [7, 11) is -3.91. The number of non-ortho nitro benzene ring substituents is 1. The van der Waals surface area contributed by atoms with Crippen LogP contribution in [0.5, 0.6) is 0 Å². The Morgan fingerprint density at radius 1 is 1.14 bits per heavy atom. The highest BCUT2D eigenvalue weighted by molar-refractivity contribution is 7.92. The second kappa shape index (κ2) is 11.6. The predicted octanol–water partition coefficient (Wildman–Crippen LogP) is 3.75. The number of amides is 1. The number of rotatable bonds is 10. The van der Waals surface area contributed by atoms with Gasteiger partial charge in [-0.2, -0.15) is 0 Å². The molecule has 1 atom stereocenters. The maximum atomic E-state index is 13.3. The molecule has 35 heavy (non-hydrogen) atoms. The largest absolute Gasteiger partial charge is 0.350 e. The number of anilines is 1. The minimum Gasteiger partial charge on any atom is -0.350 e. The van der Waals surface area contributed by atoms with E-state index in [2.05, 4.69) is 16.3 Å². The molecule has 2 aromatic rings. The number of likely N-dealkylation sites (tertiary alicyclic amines) is 1. The molecule has 0 aromatic heterocycles. The van der Waals surface area contributed by atoms with Crippen LogP contribution in [0.15, 0.2) is 42.5 Å². The summed E-state index contributed by atoms with van der Waals surface area (Å²) in [6.45, 7) is 6.59. The van der Waals surface area contributed by atoms with Gasteiger partial charge in [-0.15, -0.1) is 0 Å². The van der Waals surface area contributed by atoms with Gasteiger partial charge in [0.1, 0.15) is 6.04 Å². The topological polar surface area (TPSA) is 113 Å². The molecule has 1 fully saturated rings. The monoisotopic (exact) mass is 502 g/mol. The van der Waals surface area contributed by atoms with Crippen molar-refractivity contribution in [2.45, 2.75) is 58.7 Å². The Morgan fingerprint density at radius 2 is 1.80 bits per heavy atom. The number of nitrogens with zero attached hydrogens (tertiary/aromatic N) is 3. The summed E-state index contributed by atoms with van der Waals surface area (Å²) in [6.07, 6.45) is 4.85. The van der Waals surface area contributed by atoms with Gasteiger partial charge in [0.2, 0.25) is 15.9 Å². The Kier molecular flexibility index (Phi) is 8.85. The van der Waals surface area contributed by atoms with Crippen LogP contribution >= 0.6 is 0 Å². The molecule has 1 aliphatic rings. The first kappa shape index (κ1) is 26.6. The first-order valence-electron chi connectivity index (χ1n) is 11.9. The highest BCUT2D eigenvalue weighted by Gasteiger charge is 2.33. The zero-order chi connectivity index (χ0) is 25.6. The van der Waals surface area contributed by atoms with Crippen LogP contribution in [0.25, 0.3) is 0 Å². The average molecular weight is 503 g/mol. The van der Waals surface area contributed by atoms with Crippen molar-refractivity contribution in [1.82, 2.24) is 10.2 Å². The lowest BCUT2D eigenvalue weighted by Crippen LogP contribution is -2.49. The number of nitro benzene ring substituents is 1. The maximum Gasteiger partial charge on any atom is 0.271 e. The molecule has 1 amide bonds. The van der Waals surface area contributed by atoms with E-state index in [1.54, 1.807) is 13.8 Å². The van der Waals surface area contributed by atoms with E-state index in [4.69, 9.17) is 0 Å². The number of sulfonamides is 1. The van der Waals surface area contributed by atoms with Crippen molar-refractivity contribution in [2.24, 2.45) is 0 Å². The molecule has 0 unspecified atom stereocenters. The summed E-state index contributed by atoms with van der Waals surface area (Å²) in [6, 6.07) is 10.9. The van der Waals surface area contributed by atoms with E-state index in [0.717, 1.165) is 41.3 Å². The fourth-order valence-corrected chi connectivity index (χ4v) is 5.79. The van der Waals surface area contributed by atoms with Crippen molar-refractivity contribution in [3.8, 4) is 0 Å². The summed E-state index contributed by atoms with van der Waals surface area (Å²) < 4.78 is 26.6. The molecule has 0 bridgehead atoms. The van der Waals surface area contributed by atoms with Gasteiger partial charge in [0, 0.05) is 25.2 Å². The molecule has 1 heterocycles. The van der Waals surface area contributed by atoms with E-state index in [1.807, 2.05) is 18.2 Å². The molecule has 190 valence electrons. The van der Waals surface area contributed by atoms with E-state index in [1.165, 1.54) is 37.5 Å². The van der Waals surface area contributed by atoms with E-state index < -0.39 is 26.9 Å². The van der Waals surface area contributed by atoms with Gasteiger partial charge in [-0.1, -0.05) is 43.7 Å². The van der Waals surface area contributed by atoms with Gasteiger partial charge in [-0.25, -0.2) is 8.42 Å². The minimum atomic E-state index is -3.91. The lowest BCUT2D eigenvalue weighted by atomic mass is 10.0. The molecule has 1 N–H and O–H groups in total. The van der Waals surface area contributed by atoms with Crippen LogP contribution in [-0.4, -0.2) is 49.5 Å². The van der Waals surface area contributed by atoms with E-state index in [9.17, 15) is 23.3 Å². The summed E-state index contributed by atoms with van der Waals surface area (Å²) in [5, 5.41) is 14.2. The number of aryl methyl sites for hydroxylation is 1. The first-order valence-corrected chi connectivity index (χ1v) is 13.8. The Labute approximate surface area is 207 Å². The Hall–Kier alpha value is -2.98. The fourth-order valence-electron chi connectivity index (χ4n) is 4.53. The fraction of sp³-hybridized carbons (Fsp3) is 0.480. The molecule has 0 spiro atoms.